The van der Waals surface area contributed by atoms with Gasteiger partial charge in [0, 0.05) is 11.0 Å². The van der Waals surface area contributed by atoms with E-state index in [1.165, 1.54) is 11.7 Å². The number of carbonyl (C=O) groups excluding carboxylic acids is 1. The summed E-state index contributed by atoms with van der Waals surface area (Å²) in [6.45, 7) is 4.41. The number of nitrogens with zero attached hydrogens (tertiary/aromatic N) is 2. The first-order valence-electron chi connectivity index (χ1n) is 7.89. The first kappa shape index (κ1) is 15.8. The van der Waals surface area contributed by atoms with E-state index in [0.717, 1.165) is 27.7 Å². The van der Waals surface area contributed by atoms with E-state index in [0.29, 0.717) is 12.4 Å². The summed E-state index contributed by atoms with van der Waals surface area (Å²) in [5.41, 5.74) is 9.53. The first-order chi connectivity index (χ1) is 11.9. The minimum atomic E-state index is -0.781. The van der Waals surface area contributed by atoms with Crippen LogP contribution in [0.4, 0.5) is 4.79 Å². The van der Waals surface area contributed by atoms with Crippen LogP contribution < -0.4 is 10.5 Å². The van der Waals surface area contributed by atoms with E-state index in [2.05, 4.69) is 8.75 Å². The molecule has 0 fully saturated rings. The van der Waals surface area contributed by atoms with Crippen molar-refractivity contribution in [1.29, 1.82) is 0 Å². The topological polar surface area (TPSA) is 87.3 Å². The lowest BCUT2D eigenvalue weighted by Crippen LogP contribution is -2.37. The Morgan fingerprint density at radius 1 is 1.20 bits per heavy atom. The molecule has 6 nitrogen and oxygen atoms in total. The van der Waals surface area contributed by atoms with Crippen LogP contribution in [-0.4, -0.2) is 21.4 Å². The highest BCUT2D eigenvalue weighted by Gasteiger charge is 2.40. The summed E-state index contributed by atoms with van der Waals surface area (Å²) in [7, 11) is 0. The molecule has 7 heteroatoms. The Kier molecular flexibility index (Phi) is 3.61. The maximum Gasteiger partial charge on any atom is 0.405 e. The third-order valence-electron chi connectivity index (χ3n) is 4.43. The van der Waals surface area contributed by atoms with Crippen molar-refractivity contribution < 1.29 is 14.3 Å². The zero-order valence-corrected chi connectivity index (χ0v) is 14.7. The number of rotatable bonds is 2. The molecule has 2 N–H and O–H groups in total. The number of fused-ring (bicyclic) bond motifs is 2. The van der Waals surface area contributed by atoms with E-state index >= 15 is 0 Å². The third-order valence-corrected chi connectivity index (χ3v) is 4.98. The smallest absolute Gasteiger partial charge is 0.405 e. The fourth-order valence-corrected chi connectivity index (χ4v) is 3.63. The van der Waals surface area contributed by atoms with Crippen molar-refractivity contribution in [2.75, 3.05) is 6.61 Å². The normalized spacial score (nSPS) is 18.4. The van der Waals surface area contributed by atoms with Crippen LogP contribution in [0.5, 0.6) is 5.75 Å². The molecule has 2 heterocycles. The van der Waals surface area contributed by atoms with Gasteiger partial charge >= 0.3 is 6.09 Å². The summed E-state index contributed by atoms with van der Waals surface area (Å²) in [6.07, 6.45) is -1.22. The van der Waals surface area contributed by atoms with Gasteiger partial charge in [-0.1, -0.05) is 32.0 Å². The summed E-state index contributed by atoms with van der Waals surface area (Å²) >= 11 is 1.20. The van der Waals surface area contributed by atoms with Crippen LogP contribution in [0.2, 0.25) is 0 Å². The Balaban J connectivity index is 1.75. The second-order valence-corrected chi connectivity index (χ2v) is 7.34. The summed E-state index contributed by atoms with van der Waals surface area (Å²) < 4.78 is 19.8. The van der Waals surface area contributed by atoms with Crippen LogP contribution in [-0.2, 0) is 4.74 Å². The summed E-state index contributed by atoms with van der Waals surface area (Å²) in [5.74, 6) is 0.708. The maximum absolute atomic E-state index is 11.3. The zero-order chi connectivity index (χ0) is 17.6. The maximum atomic E-state index is 11.3. The average Bonchev–Trinajstić information content (AvgIpc) is 3.04. The molecule has 3 aromatic rings. The van der Waals surface area contributed by atoms with Gasteiger partial charge in [-0.2, -0.15) is 8.75 Å². The SMILES string of the molecule is CC1(C)COc2cc(-c3ccc4nsnc4c3)ccc2C1OC(N)=O. The van der Waals surface area contributed by atoms with Gasteiger partial charge in [0.25, 0.3) is 0 Å². The molecule has 0 saturated heterocycles. The van der Waals surface area contributed by atoms with Crippen LogP contribution >= 0.6 is 11.7 Å². The monoisotopic (exact) mass is 355 g/mol. The van der Waals surface area contributed by atoms with Gasteiger partial charge in [0.05, 0.1) is 18.3 Å². The molecule has 128 valence electrons. The minimum Gasteiger partial charge on any atom is -0.492 e. The highest BCUT2D eigenvalue weighted by molar-refractivity contribution is 7.00. The number of ether oxygens (including phenoxy) is 2. The van der Waals surface area contributed by atoms with Gasteiger partial charge < -0.3 is 15.2 Å². The van der Waals surface area contributed by atoms with Gasteiger partial charge in [-0.25, -0.2) is 4.79 Å². The summed E-state index contributed by atoms with van der Waals surface area (Å²) in [5, 5.41) is 0. The van der Waals surface area contributed by atoms with Gasteiger partial charge in [0.2, 0.25) is 0 Å². The number of hydrogen-bond acceptors (Lipinski definition) is 6. The average molecular weight is 355 g/mol. The van der Waals surface area contributed by atoms with Crippen molar-refractivity contribution in [1.82, 2.24) is 8.75 Å². The molecule has 0 radical (unpaired) electrons. The molecule has 0 bridgehead atoms. The van der Waals surface area contributed by atoms with Crippen molar-refractivity contribution in [3.05, 3.63) is 42.0 Å². The molecule has 0 aliphatic carbocycles. The molecule has 4 rings (SSSR count). The largest absolute Gasteiger partial charge is 0.492 e. The van der Waals surface area contributed by atoms with Crippen LogP contribution in [0, 0.1) is 5.41 Å². The lowest BCUT2D eigenvalue weighted by atomic mass is 9.80. The highest BCUT2D eigenvalue weighted by atomic mass is 32.1. The number of hydrogen-bond donors (Lipinski definition) is 1. The van der Waals surface area contributed by atoms with Crippen LogP contribution in [0.15, 0.2) is 36.4 Å². The predicted molar refractivity (Wildman–Crippen MR) is 95.5 cm³/mol. The van der Waals surface area contributed by atoms with Crippen molar-refractivity contribution in [2.45, 2.75) is 20.0 Å². The molecule has 1 unspecified atom stereocenters. The molecule has 25 heavy (non-hydrogen) atoms. The standard InChI is InChI=1S/C18H17N3O3S/c1-18(2)9-23-15-8-11(3-5-12(15)16(18)24-17(19)22)10-4-6-13-14(7-10)21-25-20-13/h3-8,16H,9H2,1-2H3,(H2,19,22). The molecular weight excluding hydrogens is 338 g/mol. The number of primary amides is 1. The van der Waals surface area contributed by atoms with E-state index in [4.69, 9.17) is 15.2 Å². The van der Waals surface area contributed by atoms with Crippen molar-refractivity contribution >= 4 is 28.9 Å². The number of aromatic nitrogens is 2. The van der Waals surface area contributed by atoms with Crippen molar-refractivity contribution in [2.24, 2.45) is 11.1 Å². The third kappa shape index (κ3) is 2.80. The van der Waals surface area contributed by atoms with Crippen molar-refractivity contribution in [3.63, 3.8) is 0 Å². The van der Waals surface area contributed by atoms with E-state index in [1.54, 1.807) is 0 Å². The van der Waals surface area contributed by atoms with Crippen LogP contribution in [0.1, 0.15) is 25.5 Å². The van der Waals surface area contributed by atoms with E-state index in [1.807, 2.05) is 50.2 Å². The Morgan fingerprint density at radius 2 is 1.92 bits per heavy atom. The lowest BCUT2D eigenvalue weighted by molar-refractivity contribution is -0.0176. The fourth-order valence-electron chi connectivity index (χ4n) is 3.12. The van der Waals surface area contributed by atoms with Gasteiger partial charge in [-0.05, 0) is 29.3 Å². The highest BCUT2D eigenvalue weighted by Crippen LogP contribution is 2.46. The molecule has 1 aliphatic heterocycles. The van der Waals surface area contributed by atoms with E-state index in [-0.39, 0.29) is 5.41 Å². The fraction of sp³-hybridized carbons (Fsp3) is 0.278. The van der Waals surface area contributed by atoms with Gasteiger partial charge in [0.15, 0.2) is 0 Å². The van der Waals surface area contributed by atoms with Gasteiger partial charge in [0.1, 0.15) is 22.9 Å². The predicted octanol–water partition coefficient (Wildman–Crippen LogP) is 3.91. The van der Waals surface area contributed by atoms with E-state index in [9.17, 15) is 4.79 Å². The Labute approximate surface area is 148 Å². The number of carbonyl (C=O) groups is 1. The Hall–Kier alpha value is -2.67. The second-order valence-electron chi connectivity index (χ2n) is 6.81. The molecule has 2 aromatic carbocycles. The summed E-state index contributed by atoms with van der Waals surface area (Å²) in [4.78, 5) is 11.3. The van der Waals surface area contributed by atoms with Crippen molar-refractivity contribution in [3.8, 4) is 16.9 Å². The number of benzene rings is 2. The first-order valence-corrected chi connectivity index (χ1v) is 8.63. The Bertz CT molecular complexity index is 967. The quantitative estimate of drug-likeness (QED) is 0.753. The van der Waals surface area contributed by atoms with E-state index < -0.39 is 12.2 Å². The van der Waals surface area contributed by atoms with Gasteiger partial charge in [-0.15, -0.1) is 0 Å². The second kappa shape index (κ2) is 5.70. The molecular formula is C18H17N3O3S. The Morgan fingerprint density at radius 3 is 2.72 bits per heavy atom. The summed E-state index contributed by atoms with van der Waals surface area (Å²) in [6, 6.07) is 11.9. The minimum absolute atomic E-state index is 0.352. The molecule has 1 aliphatic rings. The van der Waals surface area contributed by atoms with Gasteiger partial charge in [-0.3, -0.25) is 0 Å². The lowest BCUT2D eigenvalue weighted by Gasteiger charge is -2.38. The van der Waals surface area contributed by atoms with Crippen LogP contribution in [0.3, 0.4) is 0 Å². The molecule has 1 amide bonds. The molecule has 0 spiro atoms. The number of amides is 1. The molecule has 0 saturated carbocycles. The molecule has 1 atom stereocenters. The zero-order valence-electron chi connectivity index (χ0n) is 13.9. The van der Waals surface area contributed by atoms with Crippen LogP contribution in [0.25, 0.3) is 22.2 Å². The molecule has 1 aromatic heterocycles. The number of nitrogens with two attached hydrogens (primary N) is 1.